The van der Waals surface area contributed by atoms with E-state index in [9.17, 15) is 35.4 Å². The maximum Gasteiger partial charge on any atom is 0.195 e. The van der Waals surface area contributed by atoms with E-state index in [1.54, 1.807) is 0 Å². The second-order valence-corrected chi connectivity index (χ2v) is 4.88. The molecule has 0 saturated carbocycles. The Bertz CT molecular complexity index is 350. The van der Waals surface area contributed by atoms with Crippen LogP contribution < -0.4 is 0 Å². The van der Waals surface area contributed by atoms with Crippen LogP contribution in [0.25, 0.3) is 0 Å². The number of Topliss-reactive ketones (excluding diaryl/α,β-unsaturated/α-hetero) is 1. The standard InChI is InChI=1S/C11H20O10/c12-1-3(13)5(15)7(17)8(18)10(20)11-9(19)6(16)4(14)2-21-11/h3-9,11-19H,1-2H2/t3-,4-,5-,6+,7+,8+,9-,11?/m1/s1. The summed E-state index contributed by atoms with van der Waals surface area (Å²) in [6.45, 7) is -1.38. The van der Waals surface area contributed by atoms with Gasteiger partial charge in [0.25, 0.3) is 0 Å². The summed E-state index contributed by atoms with van der Waals surface area (Å²) in [5, 5.41) is 74.6. The molecule has 0 amide bonds. The fourth-order valence-corrected chi connectivity index (χ4v) is 1.92. The Hall–Kier alpha value is -0.690. The molecule has 1 fully saturated rings. The first-order valence-electron chi connectivity index (χ1n) is 6.25. The highest BCUT2D eigenvalue weighted by Crippen LogP contribution is 2.19. The summed E-state index contributed by atoms with van der Waals surface area (Å²) in [7, 11) is 0. The lowest BCUT2D eigenvalue weighted by atomic mass is 9.91. The summed E-state index contributed by atoms with van der Waals surface area (Å²) in [4.78, 5) is 11.9. The van der Waals surface area contributed by atoms with E-state index in [2.05, 4.69) is 0 Å². The maximum absolute atomic E-state index is 11.9. The molecule has 0 aromatic carbocycles. The van der Waals surface area contributed by atoms with Crippen molar-refractivity contribution in [1.82, 2.24) is 0 Å². The average molecular weight is 312 g/mol. The van der Waals surface area contributed by atoms with E-state index >= 15 is 0 Å². The van der Waals surface area contributed by atoms with E-state index in [-0.39, 0.29) is 0 Å². The first kappa shape index (κ1) is 18.4. The number of carbonyl (C=O) groups excluding carboxylic acids is 1. The lowest BCUT2D eigenvalue weighted by Gasteiger charge is -2.36. The number of aliphatic hydroxyl groups is 8. The van der Waals surface area contributed by atoms with Crippen LogP contribution in [0.4, 0.5) is 0 Å². The molecular weight excluding hydrogens is 292 g/mol. The number of rotatable bonds is 6. The van der Waals surface area contributed by atoms with Crippen LogP contribution in [-0.4, -0.2) is 109 Å². The molecule has 8 N–H and O–H groups in total. The van der Waals surface area contributed by atoms with Crippen molar-refractivity contribution in [3.63, 3.8) is 0 Å². The van der Waals surface area contributed by atoms with Crippen LogP contribution in [0, 0.1) is 0 Å². The fraction of sp³-hybridized carbons (Fsp3) is 0.909. The van der Waals surface area contributed by atoms with Crippen LogP contribution in [0.1, 0.15) is 0 Å². The molecule has 0 bridgehead atoms. The Kier molecular flexibility index (Phi) is 6.59. The molecule has 1 heterocycles. The van der Waals surface area contributed by atoms with Crippen molar-refractivity contribution in [3.05, 3.63) is 0 Å². The predicted molar refractivity (Wildman–Crippen MR) is 63.9 cm³/mol. The number of ketones is 1. The van der Waals surface area contributed by atoms with Gasteiger partial charge in [0, 0.05) is 0 Å². The zero-order valence-corrected chi connectivity index (χ0v) is 10.9. The Balaban J connectivity index is 2.73. The lowest BCUT2D eigenvalue weighted by Crippen LogP contribution is -2.59. The molecule has 10 nitrogen and oxygen atoms in total. The Labute approximate surface area is 119 Å². The van der Waals surface area contributed by atoms with Crippen LogP contribution in [0.5, 0.6) is 0 Å². The molecule has 0 aromatic rings. The van der Waals surface area contributed by atoms with Crippen LogP contribution in [0.2, 0.25) is 0 Å². The van der Waals surface area contributed by atoms with E-state index < -0.39 is 67.8 Å². The summed E-state index contributed by atoms with van der Waals surface area (Å²) < 4.78 is 4.80. The monoisotopic (exact) mass is 312 g/mol. The largest absolute Gasteiger partial charge is 0.394 e. The highest BCUT2D eigenvalue weighted by atomic mass is 16.5. The molecule has 0 radical (unpaired) electrons. The van der Waals surface area contributed by atoms with Crippen molar-refractivity contribution >= 4 is 5.78 Å². The highest BCUT2D eigenvalue weighted by Gasteiger charge is 2.45. The minimum Gasteiger partial charge on any atom is -0.394 e. The summed E-state index contributed by atoms with van der Waals surface area (Å²) in [6, 6.07) is 0. The molecule has 1 rings (SSSR count). The van der Waals surface area contributed by atoms with Gasteiger partial charge in [-0.05, 0) is 0 Å². The minimum atomic E-state index is -2.23. The number of hydrogen-bond donors (Lipinski definition) is 8. The van der Waals surface area contributed by atoms with Crippen LogP contribution >= 0.6 is 0 Å². The first-order chi connectivity index (χ1) is 9.72. The summed E-state index contributed by atoms with van der Waals surface area (Å²) in [5.74, 6) is -1.25. The van der Waals surface area contributed by atoms with Gasteiger partial charge in [-0.15, -0.1) is 0 Å². The molecule has 8 atom stereocenters. The second kappa shape index (κ2) is 7.54. The second-order valence-electron chi connectivity index (χ2n) is 4.88. The highest BCUT2D eigenvalue weighted by molar-refractivity contribution is 5.88. The van der Waals surface area contributed by atoms with Gasteiger partial charge in [-0.1, -0.05) is 0 Å². The van der Waals surface area contributed by atoms with Crippen molar-refractivity contribution in [2.24, 2.45) is 0 Å². The number of ether oxygens (including phenoxy) is 1. The van der Waals surface area contributed by atoms with Gasteiger partial charge in [0.1, 0.15) is 48.8 Å². The smallest absolute Gasteiger partial charge is 0.195 e. The summed E-state index contributed by atoms with van der Waals surface area (Å²) in [6.07, 6.45) is -14.8. The maximum atomic E-state index is 11.9. The molecule has 0 aliphatic carbocycles. The quantitative estimate of drug-likeness (QED) is 0.235. The third kappa shape index (κ3) is 3.94. The normalized spacial score (nSPS) is 35.8. The summed E-state index contributed by atoms with van der Waals surface area (Å²) >= 11 is 0. The van der Waals surface area contributed by atoms with E-state index in [1.165, 1.54) is 0 Å². The van der Waals surface area contributed by atoms with Crippen molar-refractivity contribution in [2.75, 3.05) is 13.2 Å². The van der Waals surface area contributed by atoms with Crippen LogP contribution in [0.3, 0.4) is 0 Å². The van der Waals surface area contributed by atoms with Crippen molar-refractivity contribution < 1.29 is 50.4 Å². The van der Waals surface area contributed by atoms with Gasteiger partial charge in [-0.2, -0.15) is 0 Å². The van der Waals surface area contributed by atoms with E-state index in [1.807, 2.05) is 0 Å². The fourth-order valence-electron chi connectivity index (χ4n) is 1.92. The lowest BCUT2D eigenvalue weighted by molar-refractivity contribution is -0.200. The Morgan fingerprint density at radius 3 is 2.14 bits per heavy atom. The van der Waals surface area contributed by atoms with Gasteiger partial charge in [-0.25, -0.2) is 0 Å². The molecule has 10 heteroatoms. The van der Waals surface area contributed by atoms with Crippen molar-refractivity contribution in [3.8, 4) is 0 Å². The molecule has 124 valence electrons. The van der Waals surface area contributed by atoms with Gasteiger partial charge in [-0.3, -0.25) is 4.79 Å². The van der Waals surface area contributed by atoms with E-state index in [0.29, 0.717) is 0 Å². The number of aliphatic hydroxyl groups excluding tert-OH is 8. The van der Waals surface area contributed by atoms with Crippen molar-refractivity contribution in [2.45, 2.75) is 48.8 Å². The molecule has 1 aliphatic heterocycles. The molecule has 0 spiro atoms. The van der Waals surface area contributed by atoms with Gasteiger partial charge in [0.2, 0.25) is 0 Å². The zero-order valence-electron chi connectivity index (χ0n) is 10.9. The average Bonchev–Trinajstić information content (AvgIpc) is 2.49. The molecule has 0 aromatic heterocycles. The molecular formula is C11H20O10. The Morgan fingerprint density at radius 1 is 1.05 bits per heavy atom. The van der Waals surface area contributed by atoms with Gasteiger partial charge >= 0.3 is 0 Å². The van der Waals surface area contributed by atoms with Crippen LogP contribution in [0.15, 0.2) is 0 Å². The summed E-state index contributed by atoms with van der Waals surface area (Å²) in [5.41, 5.74) is 0. The predicted octanol–water partition coefficient (Wildman–Crippen LogP) is -5.53. The third-order valence-electron chi connectivity index (χ3n) is 3.33. The SMILES string of the molecule is O=C(C1OC[C@@H](O)[C@H](O)[C@H]1O)[C@@H](O)[C@@H](O)[C@H](O)[C@H](O)CO. The zero-order chi connectivity index (χ0) is 16.3. The molecule has 1 aliphatic rings. The van der Waals surface area contributed by atoms with E-state index in [0.717, 1.165) is 0 Å². The van der Waals surface area contributed by atoms with Crippen molar-refractivity contribution in [1.29, 1.82) is 0 Å². The van der Waals surface area contributed by atoms with Gasteiger partial charge < -0.3 is 45.6 Å². The first-order valence-corrected chi connectivity index (χ1v) is 6.25. The Morgan fingerprint density at radius 2 is 1.62 bits per heavy atom. The van der Waals surface area contributed by atoms with Gasteiger partial charge in [0.15, 0.2) is 5.78 Å². The van der Waals surface area contributed by atoms with Crippen LogP contribution in [-0.2, 0) is 9.53 Å². The van der Waals surface area contributed by atoms with E-state index in [4.69, 9.17) is 14.9 Å². The topological polar surface area (TPSA) is 188 Å². The minimum absolute atomic E-state index is 0.473. The third-order valence-corrected chi connectivity index (χ3v) is 3.33. The molecule has 1 saturated heterocycles. The number of hydrogen-bond acceptors (Lipinski definition) is 10. The molecule has 21 heavy (non-hydrogen) atoms. The van der Waals surface area contributed by atoms with Gasteiger partial charge in [0.05, 0.1) is 13.2 Å². The molecule has 1 unspecified atom stereocenters. The number of carbonyl (C=O) groups is 1.